The standard InChI is InChI=1S/C17H23N5OS/c1-12(2)13-7-9-15(10-8-13)22-17(19-20-21-22)24-11-16(23)18-14-5-3-4-6-14/h7-10,12,14H,3-6,11H2,1-2H3,(H,18,23). The third-order valence-electron chi connectivity index (χ3n) is 4.30. The molecule has 0 aliphatic heterocycles. The molecule has 128 valence electrons. The maximum atomic E-state index is 12.1. The minimum Gasteiger partial charge on any atom is -0.353 e. The predicted molar refractivity (Wildman–Crippen MR) is 94.4 cm³/mol. The molecule has 0 bridgehead atoms. The largest absolute Gasteiger partial charge is 0.353 e. The van der Waals surface area contributed by atoms with Crippen LogP contribution in [0.25, 0.3) is 5.69 Å². The van der Waals surface area contributed by atoms with E-state index in [0.717, 1.165) is 18.5 Å². The Morgan fingerprint density at radius 3 is 2.67 bits per heavy atom. The molecule has 1 aliphatic carbocycles. The molecule has 1 amide bonds. The third kappa shape index (κ3) is 4.14. The molecule has 1 heterocycles. The van der Waals surface area contributed by atoms with Crippen molar-refractivity contribution in [2.75, 3.05) is 5.75 Å². The Kier molecular flexibility index (Phi) is 5.50. The van der Waals surface area contributed by atoms with Crippen LogP contribution in [-0.2, 0) is 4.79 Å². The molecule has 1 aromatic heterocycles. The highest BCUT2D eigenvalue weighted by Crippen LogP contribution is 2.21. The van der Waals surface area contributed by atoms with Crippen molar-refractivity contribution in [2.24, 2.45) is 0 Å². The first-order valence-electron chi connectivity index (χ1n) is 8.44. The van der Waals surface area contributed by atoms with E-state index in [0.29, 0.717) is 22.9 Å². The van der Waals surface area contributed by atoms with Crippen molar-refractivity contribution < 1.29 is 4.79 Å². The number of thioether (sulfide) groups is 1. The summed E-state index contributed by atoms with van der Waals surface area (Å²) in [5, 5.41) is 15.5. The first kappa shape index (κ1) is 17.0. The number of rotatable bonds is 6. The van der Waals surface area contributed by atoms with Crippen molar-refractivity contribution in [3.05, 3.63) is 29.8 Å². The zero-order valence-electron chi connectivity index (χ0n) is 14.1. The Labute approximate surface area is 146 Å². The lowest BCUT2D eigenvalue weighted by Gasteiger charge is -2.11. The lowest BCUT2D eigenvalue weighted by molar-refractivity contribution is -0.119. The molecule has 7 heteroatoms. The van der Waals surface area contributed by atoms with Crippen LogP contribution in [0.4, 0.5) is 0 Å². The molecule has 0 spiro atoms. The minimum absolute atomic E-state index is 0.0524. The average Bonchev–Trinajstić information content (AvgIpc) is 3.24. The molecule has 1 N–H and O–H groups in total. The van der Waals surface area contributed by atoms with Gasteiger partial charge in [-0.15, -0.1) is 5.10 Å². The lowest BCUT2D eigenvalue weighted by Crippen LogP contribution is -2.33. The van der Waals surface area contributed by atoms with Gasteiger partial charge in [0.2, 0.25) is 11.1 Å². The van der Waals surface area contributed by atoms with Crippen LogP contribution in [0.3, 0.4) is 0 Å². The fourth-order valence-corrected chi connectivity index (χ4v) is 3.60. The van der Waals surface area contributed by atoms with Gasteiger partial charge in [-0.2, -0.15) is 4.68 Å². The fraction of sp³-hybridized carbons (Fsp3) is 0.529. The second-order valence-electron chi connectivity index (χ2n) is 6.46. The summed E-state index contributed by atoms with van der Waals surface area (Å²) in [5.41, 5.74) is 2.18. The molecule has 24 heavy (non-hydrogen) atoms. The zero-order chi connectivity index (χ0) is 16.9. The number of benzene rings is 1. The highest BCUT2D eigenvalue weighted by Gasteiger charge is 2.18. The van der Waals surface area contributed by atoms with Gasteiger partial charge in [-0.1, -0.05) is 50.6 Å². The third-order valence-corrected chi connectivity index (χ3v) is 5.22. The molecule has 0 unspecified atom stereocenters. The van der Waals surface area contributed by atoms with Gasteiger partial charge in [-0.25, -0.2) is 0 Å². The Bertz CT molecular complexity index is 677. The van der Waals surface area contributed by atoms with Crippen LogP contribution in [0.15, 0.2) is 29.4 Å². The van der Waals surface area contributed by atoms with Gasteiger partial charge in [0.05, 0.1) is 11.4 Å². The number of tetrazole rings is 1. The van der Waals surface area contributed by atoms with Crippen LogP contribution < -0.4 is 5.32 Å². The summed E-state index contributed by atoms with van der Waals surface area (Å²) in [6, 6.07) is 8.53. The van der Waals surface area contributed by atoms with Crippen molar-refractivity contribution in [1.82, 2.24) is 25.5 Å². The highest BCUT2D eigenvalue weighted by molar-refractivity contribution is 7.99. The first-order chi connectivity index (χ1) is 11.6. The summed E-state index contributed by atoms with van der Waals surface area (Å²) >= 11 is 1.37. The molecule has 0 atom stereocenters. The van der Waals surface area contributed by atoms with E-state index in [1.165, 1.54) is 30.2 Å². The van der Waals surface area contributed by atoms with E-state index in [1.54, 1.807) is 4.68 Å². The Hall–Kier alpha value is -1.89. The summed E-state index contributed by atoms with van der Waals surface area (Å²) in [5.74, 6) is 0.874. The van der Waals surface area contributed by atoms with Crippen molar-refractivity contribution in [3.63, 3.8) is 0 Å². The molecular weight excluding hydrogens is 322 g/mol. The molecule has 2 aromatic rings. The molecule has 1 fully saturated rings. The van der Waals surface area contributed by atoms with Crippen LogP contribution in [-0.4, -0.2) is 37.9 Å². The van der Waals surface area contributed by atoms with Gasteiger partial charge < -0.3 is 5.32 Å². The van der Waals surface area contributed by atoms with Gasteiger partial charge >= 0.3 is 0 Å². The quantitative estimate of drug-likeness (QED) is 0.815. The van der Waals surface area contributed by atoms with E-state index in [-0.39, 0.29) is 5.91 Å². The van der Waals surface area contributed by atoms with Gasteiger partial charge in [0.25, 0.3) is 0 Å². The van der Waals surface area contributed by atoms with Gasteiger partial charge in [-0.3, -0.25) is 4.79 Å². The van der Waals surface area contributed by atoms with Gasteiger partial charge in [0.15, 0.2) is 0 Å². The number of hydrogen-bond acceptors (Lipinski definition) is 5. The smallest absolute Gasteiger partial charge is 0.230 e. The Balaban J connectivity index is 1.61. The van der Waals surface area contributed by atoms with Crippen molar-refractivity contribution >= 4 is 17.7 Å². The number of hydrogen-bond donors (Lipinski definition) is 1. The maximum Gasteiger partial charge on any atom is 0.230 e. The van der Waals surface area contributed by atoms with E-state index >= 15 is 0 Å². The molecule has 1 aromatic carbocycles. The highest BCUT2D eigenvalue weighted by atomic mass is 32.2. The molecule has 1 aliphatic rings. The lowest BCUT2D eigenvalue weighted by atomic mass is 10.0. The maximum absolute atomic E-state index is 12.1. The predicted octanol–water partition coefficient (Wildman–Crippen LogP) is 2.94. The summed E-state index contributed by atoms with van der Waals surface area (Å²) in [6.45, 7) is 4.33. The van der Waals surface area contributed by atoms with E-state index in [4.69, 9.17) is 0 Å². The molecule has 0 saturated heterocycles. The second kappa shape index (κ2) is 7.79. The molecule has 6 nitrogen and oxygen atoms in total. The van der Waals surface area contributed by atoms with Crippen LogP contribution in [0.1, 0.15) is 51.0 Å². The number of amides is 1. The van der Waals surface area contributed by atoms with E-state index in [1.807, 2.05) is 12.1 Å². The Morgan fingerprint density at radius 1 is 1.29 bits per heavy atom. The van der Waals surface area contributed by atoms with Crippen molar-refractivity contribution in [1.29, 1.82) is 0 Å². The molecule has 1 saturated carbocycles. The van der Waals surface area contributed by atoms with Crippen molar-refractivity contribution in [3.8, 4) is 5.69 Å². The Morgan fingerprint density at radius 2 is 2.00 bits per heavy atom. The fourth-order valence-electron chi connectivity index (χ4n) is 2.90. The summed E-state index contributed by atoms with van der Waals surface area (Å²) in [6.07, 6.45) is 4.61. The number of nitrogens with zero attached hydrogens (tertiary/aromatic N) is 4. The van der Waals surface area contributed by atoms with E-state index in [2.05, 4.69) is 46.8 Å². The summed E-state index contributed by atoms with van der Waals surface area (Å²) in [7, 11) is 0. The second-order valence-corrected chi connectivity index (χ2v) is 7.40. The number of nitrogens with one attached hydrogen (secondary N) is 1. The van der Waals surface area contributed by atoms with E-state index < -0.39 is 0 Å². The number of aromatic nitrogens is 4. The number of carbonyl (C=O) groups excluding carboxylic acids is 1. The average molecular weight is 345 g/mol. The molecule has 3 rings (SSSR count). The number of carbonyl (C=O) groups is 1. The summed E-state index contributed by atoms with van der Waals surface area (Å²) in [4.78, 5) is 12.1. The van der Waals surface area contributed by atoms with Gasteiger partial charge in [-0.05, 0) is 46.9 Å². The van der Waals surface area contributed by atoms with Crippen molar-refractivity contribution in [2.45, 2.75) is 56.6 Å². The van der Waals surface area contributed by atoms with Crippen LogP contribution in [0.2, 0.25) is 0 Å². The zero-order valence-corrected chi connectivity index (χ0v) is 14.9. The van der Waals surface area contributed by atoms with Gasteiger partial charge in [0, 0.05) is 6.04 Å². The first-order valence-corrected chi connectivity index (χ1v) is 9.43. The normalized spacial score (nSPS) is 15.1. The minimum atomic E-state index is 0.0524. The van der Waals surface area contributed by atoms with Crippen LogP contribution >= 0.6 is 11.8 Å². The van der Waals surface area contributed by atoms with E-state index in [9.17, 15) is 4.79 Å². The topological polar surface area (TPSA) is 72.7 Å². The molecular formula is C17H23N5OS. The summed E-state index contributed by atoms with van der Waals surface area (Å²) < 4.78 is 1.68. The monoisotopic (exact) mass is 345 g/mol. The van der Waals surface area contributed by atoms with Crippen LogP contribution in [0, 0.1) is 0 Å². The SMILES string of the molecule is CC(C)c1ccc(-n2nnnc2SCC(=O)NC2CCCC2)cc1. The van der Waals surface area contributed by atoms with Crippen LogP contribution in [0.5, 0.6) is 0 Å². The van der Waals surface area contributed by atoms with Gasteiger partial charge in [0.1, 0.15) is 0 Å². The molecule has 0 radical (unpaired) electrons.